The fourth-order valence-corrected chi connectivity index (χ4v) is 2.53. The van der Waals surface area contributed by atoms with Gasteiger partial charge in [0.2, 0.25) is 0 Å². The van der Waals surface area contributed by atoms with E-state index in [-0.39, 0.29) is 0 Å². The lowest BCUT2D eigenvalue weighted by atomic mass is 10.1. The van der Waals surface area contributed by atoms with E-state index in [4.69, 9.17) is 15.2 Å². The molecule has 0 radical (unpaired) electrons. The Balaban J connectivity index is 2.40. The Kier molecular flexibility index (Phi) is 4.96. The van der Waals surface area contributed by atoms with E-state index in [1.54, 1.807) is 20.3 Å². The van der Waals surface area contributed by atoms with Gasteiger partial charge in [0.25, 0.3) is 0 Å². The zero-order valence-electron chi connectivity index (χ0n) is 12.4. The maximum absolute atomic E-state index is 6.08. The van der Waals surface area contributed by atoms with Crippen LogP contribution in [0.2, 0.25) is 0 Å². The molecule has 0 saturated carbocycles. The van der Waals surface area contributed by atoms with E-state index in [0.717, 1.165) is 22.3 Å². The van der Waals surface area contributed by atoms with Crippen LogP contribution in [0.25, 0.3) is 0 Å². The van der Waals surface area contributed by atoms with Crippen molar-refractivity contribution in [3.8, 4) is 11.5 Å². The van der Waals surface area contributed by atoms with Crippen molar-refractivity contribution in [2.45, 2.75) is 13.3 Å². The Bertz CT molecular complexity index is 644. The predicted octanol–water partition coefficient (Wildman–Crippen LogP) is 4.35. The van der Waals surface area contributed by atoms with Crippen molar-refractivity contribution >= 4 is 33.0 Å². The number of aryl methyl sites for hydroxylation is 1. The highest BCUT2D eigenvalue weighted by atomic mass is 79.9. The normalized spacial score (nSPS) is 10.3. The van der Waals surface area contributed by atoms with Crippen LogP contribution in [0, 0.1) is 0 Å². The van der Waals surface area contributed by atoms with Gasteiger partial charge in [0, 0.05) is 22.3 Å². The van der Waals surface area contributed by atoms with Gasteiger partial charge in [0.1, 0.15) is 0 Å². The molecular weight excluding hydrogens is 332 g/mol. The van der Waals surface area contributed by atoms with Crippen LogP contribution >= 0.6 is 15.9 Å². The summed E-state index contributed by atoms with van der Waals surface area (Å²) < 4.78 is 11.6. The smallest absolute Gasteiger partial charge is 0.162 e. The first-order chi connectivity index (χ1) is 10.1. The van der Waals surface area contributed by atoms with Gasteiger partial charge in [0.05, 0.1) is 25.6 Å². The van der Waals surface area contributed by atoms with Gasteiger partial charge in [-0.3, -0.25) is 0 Å². The molecule has 2 aromatic carbocycles. The van der Waals surface area contributed by atoms with Crippen LogP contribution in [0.3, 0.4) is 0 Å². The summed E-state index contributed by atoms with van der Waals surface area (Å²) in [5, 5.41) is 3.36. The summed E-state index contributed by atoms with van der Waals surface area (Å²) in [7, 11) is 3.20. The second kappa shape index (κ2) is 6.72. The molecule has 0 atom stereocenters. The molecule has 0 bridgehead atoms. The van der Waals surface area contributed by atoms with E-state index in [9.17, 15) is 0 Å². The number of hydrogen-bond acceptors (Lipinski definition) is 4. The van der Waals surface area contributed by atoms with Crippen molar-refractivity contribution in [3.05, 3.63) is 40.4 Å². The van der Waals surface area contributed by atoms with Crippen LogP contribution in [-0.4, -0.2) is 14.2 Å². The van der Waals surface area contributed by atoms with Crippen LogP contribution in [0.4, 0.5) is 17.1 Å². The SMILES string of the molecule is CCc1cc(Br)ccc1Nc1cc(OC)c(OC)cc1N. The van der Waals surface area contributed by atoms with Crippen LogP contribution in [0.5, 0.6) is 11.5 Å². The highest BCUT2D eigenvalue weighted by Crippen LogP contribution is 2.37. The average molecular weight is 351 g/mol. The summed E-state index contributed by atoms with van der Waals surface area (Å²) in [6, 6.07) is 9.72. The quantitative estimate of drug-likeness (QED) is 0.786. The van der Waals surface area contributed by atoms with Crippen LogP contribution in [0.1, 0.15) is 12.5 Å². The first-order valence-electron chi connectivity index (χ1n) is 6.66. The largest absolute Gasteiger partial charge is 0.493 e. The van der Waals surface area contributed by atoms with Gasteiger partial charge in [-0.05, 0) is 30.2 Å². The molecule has 2 rings (SSSR count). The summed E-state index contributed by atoms with van der Waals surface area (Å²) in [6.45, 7) is 2.12. The summed E-state index contributed by atoms with van der Waals surface area (Å²) in [6.07, 6.45) is 0.926. The van der Waals surface area contributed by atoms with E-state index in [1.807, 2.05) is 18.2 Å². The Morgan fingerprint density at radius 2 is 1.71 bits per heavy atom. The van der Waals surface area contributed by atoms with Crippen molar-refractivity contribution in [1.29, 1.82) is 0 Å². The summed E-state index contributed by atoms with van der Waals surface area (Å²) in [5.74, 6) is 1.26. The fourth-order valence-electron chi connectivity index (χ4n) is 2.12. The molecule has 5 heteroatoms. The molecule has 3 N–H and O–H groups in total. The van der Waals surface area contributed by atoms with E-state index in [2.05, 4.69) is 34.2 Å². The maximum atomic E-state index is 6.08. The lowest BCUT2D eigenvalue weighted by molar-refractivity contribution is 0.355. The topological polar surface area (TPSA) is 56.5 Å². The zero-order chi connectivity index (χ0) is 15.4. The van der Waals surface area contributed by atoms with Gasteiger partial charge in [-0.25, -0.2) is 0 Å². The third-order valence-electron chi connectivity index (χ3n) is 3.27. The minimum Gasteiger partial charge on any atom is -0.493 e. The molecule has 2 aromatic rings. The lowest BCUT2D eigenvalue weighted by Gasteiger charge is -2.16. The summed E-state index contributed by atoms with van der Waals surface area (Å²) in [4.78, 5) is 0. The monoisotopic (exact) mass is 350 g/mol. The van der Waals surface area contributed by atoms with Gasteiger partial charge in [-0.1, -0.05) is 22.9 Å². The Labute approximate surface area is 133 Å². The summed E-state index contributed by atoms with van der Waals surface area (Å²) in [5.41, 5.74) is 9.72. The standard InChI is InChI=1S/C16H19BrN2O2/c1-4-10-7-11(17)5-6-13(10)19-14-9-16(21-3)15(20-2)8-12(14)18/h5-9,19H,4,18H2,1-3H3. The highest BCUT2D eigenvalue weighted by Gasteiger charge is 2.10. The molecule has 0 aliphatic carbocycles. The molecule has 0 aliphatic heterocycles. The van der Waals surface area contributed by atoms with E-state index in [0.29, 0.717) is 17.2 Å². The maximum Gasteiger partial charge on any atom is 0.162 e. The highest BCUT2D eigenvalue weighted by molar-refractivity contribution is 9.10. The van der Waals surface area contributed by atoms with Crippen molar-refractivity contribution in [3.63, 3.8) is 0 Å². The van der Waals surface area contributed by atoms with Crippen molar-refractivity contribution in [1.82, 2.24) is 0 Å². The Hall–Kier alpha value is -1.88. The number of benzene rings is 2. The Morgan fingerprint density at radius 1 is 1.05 bits per heavy atom. The van der Waals surface area contributed by atoms with Crippen LogP contribution < -0.4 is 20.5 Å². The number of methoxy groups -OCH3 is 2. The number of ether oxygens (including phenoxy) is 2. The molecule has 0 amide bonds. The molecule has 0 heterocycles. The molecule has 0 aromatic heterocycles. The second-order valence-corrected chi connectivity index (χ2v) is 5.49. The zero-order valence-corrected chi connectivity index (χ0v) is 14.0. The third-order valence-corrected chi connectivity index (χ3v) is 3.77. The van der Waals surface area contributed by atoms with E-state index in [1.165, 1.54) is 5.56 Å². The fraction of sp³-hybridized carbons (Fsp3) is 0.250. The lowest BCUT2D eigenvalue weighted by Crippen LogP contribution is -2.01. The van der Waals surface area contributed by atoms with Gasteiger partial charge in [-0.2, -0.15) is 0 Å². The number of rotatable bonds is 5. The minimum atomic E-state index is 0.609. The van der Waals surface area contributed by atoms with E-state index < -0.39 is 0 Å². The molecule has 0 fully saturated rings. The van der Waals surface area contributed by atoms with Gasteiger partial charge < -0.3 is 20.5 Å². The number of halogens is 1. The molecule has 0 spiro atoms. The Morgan fingerprint density at radius 3 is 2.33 bits per heavy atom. The van der Waals surface area contributed by atoms with Gasteiger partial charge in [0.15, 0.2) is 11.5 Å². The number of nitrogens with two attached hydrogens (primary N) is 1. The molecular formula is C16H19BrN2O2. The second-order valence-electron chi connectivity index (χ2n) is 4.57. The van der Waals surface area contributed by atoms with Crippen molar-refractivity contribution in [2.24, 2.45) is 0 Å². The van der Waals surface area contributed by atoms with Gasteiger partial charge >= 0.3 is 0 Å². The average Bonchev–Trinajstić information content (AvgIpc) is 2.50. The van der Waals surface area contributed by atoms with Crippen LogP contribution in [-0.2, 0) is 6.42 Å². The number of nitrogen functional groups attached to an aromatic ring is 1. The van der Waals surface area contributed by atoms with Crippen LogP contribution in [0.15, 0.2) is 34.8 Å². The molecule has 0 unspecified atom stereocenters. The number of nitrogens with one attached hydrogen (secondary N) is 1. The van der Waals surface area contributed by atoms with Crippen molar-refractivity contribution < 1.29 is 9.47 Å². The van der Waals surface area contributed by atoms with Crippen molar-refractivity contribution in [2.75, 3.05) is 25.3 Å². The summed E-state index contributed by atoms with van der Waals surface area (Å²) >= 11 is 3.49. The molecule has 0 saturated heterocycles. The third kappa shape index (κ3) is 3.42. The van der Waals surface area contributed by atoms with E-state index >= 15 is 0 Å². The first kappa shape index (κ1) is 15.5. The molecule has 4 nitrogen and oxygen atoms in total. The molecule has 0 aliphatic rings. The van der Waals surface area contributed by atoms with Gasteiger partial charge in [-0.15, -0.1) is 0 Å². The number of anilines is 3. The molecule has 21 heavy (non-hydrogen) atoms. The number of hydrogen-bond donors (Lipinski definition) is 2. The minimum absolute atomic E-state index is 0.609. The first-order valence-corrected chi connectivity index (χ1v) is 7.45. The predicted molar refractivity (Wildman–Crippen MR) is 90.8 cm³/mol. The molecule has 112 valence electrons.